The van der Waals surface area contributed by atoms with Crippen molar-refractivity contribution in [2.24, 2.45) is 0 Å². The Bertz CT molecular complexity index is 1240. The standard InChI is InChI=1S/C29H30Cl2FNO5/c1-4-24(16-37-15-18-5-10-25(35-2)26(11-18)36-3)33-27(34)17-38-29(20-12-22(31)14-23(32)13-20)28(33)19-6-8-21(30)9-7-19/h5-14,24,28-29H,4,15-17H2,1-3H3/t24-,28+,29?/m0/s1. The smallest absolute Gasteiger partial charge is 0.249 e. The number of ether oxygens (including phenoxy) is 4. The molecular weight excluding hydrogens is 532 g/mol. The number of benzene rings is 3. The predicted octanol–water partition coefficient (Wildman–Crippen LogP) is 6.79. The molecule has 3 atom stereocenters. The van der Waals surface area contributed by atoms with E-state index in [0.29, 0.717) is 35.1 Å². The first kappa shape index (κ1) is 28.2. The van der Waals surface area contributed by atoms with Crippen molar-refractivity contribution in [3.63, 3.8) is 0 Å². The van der Waals surface area contributed by atoms with Crippen molar-refractivity contribution in [2.45, 2.75) is 38.1 Å². The number of methoxy groups -OCH3 is 2. The van der Waals surface area contributed by atoms with Crippen LogP contribution in [0.3, 0.4) is 0 Å². The summed E-state index contributed by atoms with van der Waals surface area (Å²) in [5, 5.41) is 0.825. The van der Waals surface area contributed by atoms with Crippen molar-refractivity contribution < 1.29 is 28.1 Å². The van der Waals surface area contributed by atoms with Crippen LogP contribution in [-0.2, 0) is 20.9 Å². The summed E-state index contributed by atoms with van der Waals surface area (Å²) in [7, 11) is 3.17. The lowest BCUT2D eigenvalue weighted by Crippen LogP contribution is -2.52. The lowest BCUT2D eigenvalue weighted by Gasteiger charge is -2.45. The van der Waals surface area contributed by atoms with Crippen molar-refractivity contribution in [3.8, 4) is 11.5 Å². The van der Waals surface area contributed by atoms with Crippen LogP contribution in [0.25, 0.3) is 0 Å². The Morgan fingerprint density at radius 3 is 2.37 bits per heavy atom. The van der Waals surface area contributed by atoms with E-state index in [1.54, 1.807) is 37.3 Å². The molecule has 0 N–H and O–H groups in total. The SMILES string of the molecule is CC[C@@H](COCc1ccc(OC)c(OC)c1)N1C(=O)COC(c2cc(F)cc(Cl)c2)[C@H]1c1ccc(Cl)cc1. The number of nitrogens with zero attached hydrogens (tertiary/aromatic N) is 1. The molecule has 1 aliphatic rings. The highest BCUT2D eigenvalue weighted by atomic mass is 35.5. The average Bonchev–Trinajstić information content (AvgIpc) is 2.91. The van der Waals surface area contributed by atoms with Crippen LogP contribution < -0.4 is 9.47 Å². The molecule has 1 fully saturated rings. The molecule has 1 heterocycles. The number of halogens is 3. The lowest BCUT2D eigenvalue weighted by atomic mass is 9.91. The van der Waals surface area contributed by atoms with Crippen LogP contribution in [0.5, 0.6) is 11.5 Å². The number of carbonyl (C=O) groups excluding carboxylic acids is 1. The van der Waals surface area contributed by atoms with Crippen LogP contribution in [0.1, 0.15) is 42.2 Å². The van der Waals surface area contributed by atoms with E-state index in [0.717, 1.165) is 11.1 Å². The monoisotopic (exact) mass is 561 g/mol. The second-order valence-electron chi connectivity index (χ2n) is 9.00. The third-order valence-corrected chi connectivity index (χ3v) is 7.05. The Labute approximate surface area is 232 Å². The van der Waals surface area contributed by atoms with E-state index in [9.17, 15) is 9.18 Å². The van der Waals surface area contributed by atoms with Gasteiger partial charge in [-0.05, 0) is 65.6 Å². The highest BCUT2D eigenvalue weighted by molar-refractivity contribution is 6.30. The van der Waals surface area contributed by atoms with E-state index in [1.165, 1.54) is 12.1 Å². The van der Waals surface area contributed by atoms with Gasteiger partial charge in [0.2, 0.25) is 5.91 Å². The first-order chi connectivity index (χ1) is 18.3. The van der Waals surface area contributed by atoms with Gasteiger partial charge in [-0.15, -0.1) is 0 Å². The summed E-state index contributed by atoms with van der Waals surface area (Å²) in [5.74, 6) is 0.601. The minimum absolute atomic E-state index is 0.144. The van der Waals surface area contributed by atoms with Gasteiger partial charge in [-0.3, -0.25) is 4.79 Å². The van der Waals surface area contributed by atoms with Crippen molar-refractivity contribution in [3.05, 3.63) is 93.2 Å². The van der Waals surface area contributed by atoms with Gasteiger partial charge in [-0.1, -0.05) is 48.3 Å². The van der Waals surface area contributed by atoms with Gasteiger partial charge in [-0.25, -0.2) is 4.39 Å². The predicted molar refractivity (Wildman–Crippen MR) is 144 cm³/mol. The van der Waals surface area contributed by atoms with E-state index in [1.807, 2.05) is 37.3 Å². The second-order valence-corrected chi connectivity index (χ2v) is 9.87. The van der Waals surface area contributed by atoms with Crippen LogP contribution in [0.15, 0.2) is 60.7 Å². The molecule has 4 rings (SSSR count). The number of amides is 1. The maximum absolute atomic E-state index is 14.3. The van der Waals surface area contributed by atoms with Crippen LogP contribution >= 0.6 is 23.2 Å². The molecule has 202 valence electrons. The van der Waals surface area contributed by atoms with Gasteiger partial charge in [0, 0.05) is 10.0 Å². The van der Waals surface area contributed by atoms with Gasteiger partial charge in [0.05, 0.1) is 39.5 Å². The van der Waals surface area contributed by atoms with Gasteiger partial charge in [0.1, 0.15) is 18.5 Å². The first-order valence-electron chi connectivity index (χ1n) is 12.3. The van der Waals surface area contributed by atoms with Crippen LogP contribution in [-0.4, -0.2) is 44.3 Å². The Kier molecular flexibility index (Phi) is 9.49. The molecule has 1 aliphatic heterocycles. The normalized spacial score (nSPS) is 18.4. The second kappa shape index (κ2) is 12.8. The minimum Gasteiger partial charge on any atom is -0.493 e. The number of morpholine rings is 1. The van der Waals surface area contributed by atoms with Crippen molar-refractivity contribution in [2.75, 3.05) is 27.4 Å². The molecule has 1 unspecified atom stereocenters. The maximum Gasteiger partial charge on any atom is 0.249 e. The van der Waals surface area contributed by atoms with Crippen LogP contribution in [0.4, 0.5) is 4.39 Å². The molecule has 3 aromatic carbocycles. The average molecular weight is 562 g/mol. The molecule has 3 aromatic rings. The van der Waals surface area contributed by atoms with Crippen LogP contribution in [0, 0.1) is 5.82 Å². The topological polar surface area (TPSA) is 57.2 Å². The van der Waals surface area contributed by atoms with Crippen molar-refractivity contribution in [1.82, 2.24) is 4.90 Å². The Balaban J connectivity index is 1.61. The van der Waals surface area contributed by atoms with E-state index in [4.69, 9.17) is 42.1 Å². The summed E-state index contributed by atoms with van der Waals surface area (Å²) in [5.41, 5.74) is 2.27. The molecule has 6 nitrogen and oxygen atoms in total. The highest BCUT2D eigenvalue weighted by Gasteiger charge is 2.42. The highest BCUT2D eigenvalue weighted by Crippen LogP contribution is 2.42. The zero-order valence-electron chi connectivity index (χ0n) is 21.5. The summed E-state index contributed by atoms with van der Waals surface area (Å²) in [6, 6.07) is 16.3. The summed E-state index contributed by atoms with van der Waals surface area (Å²) in [6.45, 7) is 2.47. The third-order valence-electron chi connectivity index (χ3n) is 6.58. The molecule has 1 amide bonds. The number of carbonyl (C=O) groups is 1. The summed E-state index contributed by atoms with van der Waals surface area (Å²) >= 11 is 12.3. The molecule has 38 heavy (non-hydrogen) atoms. The molecule has 9 heteroatoms. The molecule has 0 radical (unpaired) electrons. The number of hydrogen-bond donors (Lipinski definition) is 0. The van der Waals surface area contributed by atoms with Gasteiger partial charge >= 0.3 is 0 Å². The van der Waals surface area contributed by atoms with Gasteiger partial charge in [-0.2, -0.15) is 0 Å². The van der Waals surface area contributed by atoms with Crippen LogP contribution in [0.2, 0.25) is 10.0 Å². The quantitative estimate of drug-likeness (QED) is 0.273. The molecule has 0 aliphatic carbocycles. The largest absolute Gasteiger partial charge is 0.493 e. The zero-order valence-corrected chi connectivity index (χ0v) is 23.0. The lowest BCUT2D eigenvalue weighted by molar-refractivity contribution is -0.166. The zero-order chi connectivity index (χ0) is 27.2. The van der Waals surface area contributed by atoms with Crippen molar-refractivity contribution >= 4 is 29.1 Å². The summed E-state index contributed by atoms with van der Waals surface area (Å²) < 4.78 is 37.1. The molecule has 0 bridgehead atoms. The Morgan fingerprint density at radius 1 is 0.974 bits per heavy atom. The summed E-state index contributed by atoms with van der Waals surface area (Å²) in [4.78, 5) is 15.1. The Morgan fingerprint density at radius 2 is 1.71 bits per heavy atom. The molecule has 0 saturated carbocycles. The van der Waals surface area contributed by atoms with E-state index < -0.39 is 18.0 Å². The van der Waals surface area contributed by atoms with E-state index in [-0.39, 0.29) is 30.2 Å². The fourth-order valence-corrected chi connectivity index (χ4v) is 5.11. The number of rotatable bonds is 10. The Hall–Kier alpha value is -2.84. The molecule has 0 spiro atoms. The number of hydrogen-bond acceptors (Lipinski definition) is 5. The van der Waals surface area contributed by atoms with Crippen molar-refractivity contribution in [1.29, 1.82) is 0 Å². The minimum atomic E-state index is -0.637. The maximum atomic E-state index is 14.3. The van der Waals surface area contributed by atoms with Gasteiger partial charge < -0.3 is 23.8 Å². The molecular formula is C29H30Cl2FNO5. The molecule has 1 saturated heterocycles. The third kappa shape index (κ3) is 6.41. The van der Waals surface area contributed by atoms with E-state index in [2.05, 4.69) is 0 Å². The molecule has 0 aromatic heterocycles. The first-order valence-corrected chi connectivity index (χ1v) is 13.0. The van der Waals surface area contributed by atoms with Gasteiger partial charge in [0.15, 0.2) is 11.5 Å². The van der Waals surface area contributed by atoms with Gasteiger partial charge in [0.25, 0.3) is 0 Å². The fraction of sp³-hybridized carbons (Fsp3) is 0.345. The summed E-state index contributed by atoms with van der Waals surface area (Å²) in [6.07, 6.45) is 0.000232. The van der Waals surface area contributed by atoms with E-state index >= 15 is 0 Å². The fourth-order valence-electron chi connectivity index (χ4n) is 4.75.